The number of aromatic amines is 1. The minimum Gasteiger partial charge on any atom is -0.479 e. The van der Waals surface area contributed by atoms with Crippen molar-refractivity contribution < 1.29 is 9.53 Å². The summed E-state index contributed by atoms with van der Waals surface area (Å²) < 4.78 is 5.42. The number of H-pyrrole nitrogens is 1. The SMILES string of the molecule is CNc1ncc(N=C(C(C)C)C2C(=N)C(=O)N(c3c[nH]c(=O)c(Cl)c3)C2c2ccc(C#N)cc2)c(OC)n1. The number of methoxy groups -OCH3 is 1. The first kappa shape index (κ1) is 26.5. The fourth-order valence-corrected chi connectivity index (χ4v) is 4.53. The average Bonchev–Trinajstić information content (AvgIpc) is 3.18. The zero-order valence-corrected chi connectivity index (χ0v) is 21.9. The molecule has 0 bridgehead atoms. The zero-order valence-electron chi connectivity index (χ0n) is 21.1. The van der Waals surface area contributed by atoms with Gasteiger partial charge in [-0.2, -0.15) is 10.2 Å². The number of hydrogen-bond acceptors (Lipinski definition) is 9. The molecule has 0 aliphatic carbocycles. The number of aromatic nitrogens is 3. The molecule has 4 rings (SSSR count). The molecule has 1 fully saturated rings. The maximum atomic E-state index is 13.6. The molecule has 194 valence electrons. The van der Waals surface area contributed by atoms with Crippen LogP contribution in [0.2, 0.25) is 5.02 Å². The molecular formula is C26H25ClN8O3. The zero-order chi connectivity index (χ0) is 27.6. The molecule has 38 heavy (non-hydrogen) atoms. The molecule has 3 aromatic rings. The number of benzene rings is 1. The summed E-state index contributed by atoms with van der Waals surface area (Å²) in [4.78, 5) is 42.8. The molecule has 1 aliphatic heterocycles. The molecule has 2 unspecified atom stereocenters. The third-order valence-corrected chi connectivity index (χ3v) is 6.45. The highest BCUT2D eigenvalue weighted by Crippen LogP contribution is 2.42. The van der Waals surface area contributed by atoms with E-state index in [1.165, 1.54) is 30.5 Å². The highest BCUT2D eigenvalue weighted by atomic mass is 35.5. The minimum atomic E-state index is -0.783. The summed E-state index contributed by atoms with van der Waals surface area (Å²) in [6.07, 6.45) is 2.90. The lowest BCUT2D eigenvalue weighted by atomic mass is 9.83. The number of anilines is 2. The fraction of sp³-hybridized carbons (Fsp3) is 0.269. The Morgan fingerprint density at radius 2 is 2.03 bits per heavy atom. The smallest absolute Gasteiger partial charge is 0.273 e. The Morgan fingerprint density at radius 1 is 1.32 bits per heavy atom. The predicted molar refractivity (Wildman–Crippen MR) is 145 cm³/mol. The van der Waals surface area contributed by atoms with Crippen molar-refractivity contribution in [3.8, 4) is 11.9 Å². The van der Waals surface area contributed by atoms with Crippen LogP contribution < -0.4 is 20.5 Å². The van der Waals surface area contributed by atoms with Gasteiger partial charge < -0.3 is 15.0 Å². The summed E-state index contributed by atoms with van der Waals surface area (Å²) in [6, 6.07) is 9.55. The minimum absolute atomic E-state index is 0.0897. The van der Waals surface area contributed by atoms with Gasteiger partial charge in [0.15, 0.2) is 0 Å². The number of ether oxygens (including phenoxy) is 1. The van der Waals surface area contributed by atoms with Gasteiger partial charge in [0.25, 0.3) is 11.5 Å². The van der Waals surface area contributed by atoms with Crippen LogP contribution >= 0.6 is 11.6 Å². The molecule has 1 aromatic carbocycles. The van der Waals surface area contributed by atoms with E-state index in [-0.39, 0.29) is 22.5 Å². The van der Waals surface area contributed by atoms with Gasteiger partial charge in [0.2, 0.25) is 11.8 Å². The number of nitriles is 1. The largest absolute Gasteiger partial charge is 0.479 e. The van der Waals surface area contributed by atoms with Crippen LogP contribution in [-0.4, -0.2) is 46.4 Å². The first-order chi connectivity index (χ1) is 18.2. The van der Waals surface area contributed by atoms with Crippen LogP contribution in [0.3, 0.4) is 0 Å². The molecule has 2 aromatic heterocycles. The molecule has 1 saturated heterocycles. The first-order valence-electron chi connectivity index (χ1n) is 11.7. The second-order valence-electron chi connectivity index (χ2n) is 8.81. The number of rotatable bonds is 7. The average molecular weight is 533 g/mol. The molecule has 11 nitrogen and oxygen atoms in total. The van der Waals surface area contributed by atoms with E-state index in [1.54, 1.807) is 31.3 Å². The monoisotopic (exact) mass is 532 g/mol. The summed E-state index contributed by atoms with van der Waals surface area (Å²) in [5, 5.41) is 20.9. The number of carbonyl (C=O) groups excluding carboxylic acids is 1. The summed E-state index contributed by atoms with van der Waals surface area (Å²) in [5.74, 6) is -0.948. The van der Waals surface area contributed by atoms with E-state index in [0.717, 1.165) is 0 Å². The number of carbonyl (C=O) groups is 1. The van der Waals surface area contributed by atoms with E-state index < -0.39 is 23.4 Å². The number of amides is 1. The fourth-order valence-electron chi connectivity index (χ4n) is 4.37. The molecule has 0 spiro atoms. The van der Waals surface area contributed by atoms with E-state index in [1.807, 2.05) is 13.8 Å². The van der Waals surface area contributed by atoms with Crippen molar-refractivity contribution >= 4 is 46.3 Å². The van der Waals surface area contributed by atoms with Crippen LogP contribution in [0.5, 0.6) is 5.88 Å². The maximum Gasteiger partial charge on any atom is 0.273 e. The van der Waals surface area contributed by atoms with E-state index in [9.17, 15) is 14.9 Å². The van der Waals surface area contributed by atoms with Crippen molar-refractivity contribution in [2.75, 3.05) is 24.4 Å². The Bertz CT molecular complexity index is 1520. The lowest BCUT2D eigenvalue weighted by Gasteiger charge is -2.30. The van der Waals surface area contributed by atoms with Crippen molar-refractivity contribution in [2.24, 2.45) is 16.8 Å². The predicted octanol–water partition coefficient (Wildman–Crippen LogP) is 3.89. The Balaban J connectivity index is 1.93. The van der Waals surface area contributed by atoms with Crippen molar-refractivity contribution in [1.82, 2.24) is 15.0 Å². The quantitative estimate of drug-likeness (QED) is 0.389. The lowest BCUT2D eigenvalue weighted by molar-refractivity contribution is -0.112. The van der Waals surface area contributed by atoms with Gasteiger partial charge in [-0.1, -0.05) is 37.6 Å². The molecule has 0 saturated carbocycles. The highest BCUT2D eigenvalue weighted by molar-refractivity contribution is 6.49. The Hall–Kier alpha value is -4.56. The number of nitrogens with one attached hydrogen (secondary N) is 3. The van der Waals surface area contributed by atoms with Crippen LogP contribution in [0, 0.1) is 28.6 Å². The van der Waals surface area contributed by atoms with Crippen LogP contribution in [0.15, 0.2) is 52.5 Å². The van der Waals surface area contributed by atoms with E-state index in [0.29, 0.717) is 34.2 Å². The van der Waals surface area contributed by atoms with Crippen LogP contribution in [0.25, 0.3) is 0 Å². The van der Waals surface area contributed by atoms with Crippen LogP contribution in [-0.2, 0) is 4.79 Å². The van der Waals surface area contributed by atoms with E-state index >= 15 is 0 Å². The van der Waals surface area contributed by atoms with Crippen molar-refractivity contribution in [3.63, 3.8) is 0 Å². The highest BCUT2D eigenvalue weighted by Gasteiger charge is 2.49. The van der Waals surface area contributed by atoms with Gasteiger partial charge in [-0.15, -0.1) is 0 Å². The Morgan fingerprint density at radius 3 is 2.61 bits per heavy atom. The second-order valence-corrected chi connectivity index (χ2v) is 9.22. The normalized spacial score (nSPS) is 17.6. The van der Waals surface area contributed by atoms with Crippen LogP contribution in [0.1, 0.15) is 31.0 Å². The van der Waals surface area contributed by atoms with Gasteiger partial charge in [0.1, 0.15) is 16.4 Å². The standard InChI is InChI=1S/C26H25ClN8O3/c1-13(2)21(33-18-12-32-26(30-3)34-24(18)38-4)19-20(29)25(37)35(16-9-17(27)23(36)31-11-16)22(19)15-7-5-14(10-28)6-8-15/h5-9,11-13,19,22,29H,1-4H3,(H,31,36)(H,30,32,34). The summed E-state index contributed by atoms with van der Waals surface area (Å²) >= 11 is 6.10. The lowest BCUT2D eigenvalue weighted by Crippen LogP contribution is -2.32. The Labute approximate surface area is 223 Å². The molecule has 1 amide bonds. The second kappa shape index (κ2) is 10.8. The molecule has 1 aliphatic rings. The van der Waals surface area contributed by atoms with Gasteiger partial charge in [-0.3, -0.25) is 19.9 Å². The third-order valence-electron chi connectivity index (χ3n) is 6.17. The van der Waals surface area contributed by atoms with Crippen molar-refractivity contribution in [1.29, 1.82) is 10.7 Å². The summed E-state index contributed by atoms with van der Waals surface area (Å²) in [7, 11) is 3.15. The number of hydrogen-bond donors (Lipinski definition) is 3. The van der Waals surface area contributed by atoms with Gasteiger partial charge in [0, 0.05) is 19.0 Å². The first-order valence-corrected chi connectivity index (χ1v) is 12.1. The molecule has 0 radical (unpaired) electrons. The summed E-state index contributed by atoms with van der Waals surface area (Å²) in [6.45, 7) is 3.84. The van der Waals surface area contributed by atoms with Crippen molar-refractivity contribution in [3.05, 3.63) is 69.2 Å². The summed E-state index contributed by atoms with van der Waals surface area (Å²) in [5.41, 5.74) is 1.66. The third kappa shape index (κ3) is 4.86. The van der Waals surface area contributed by atoms with Gasteiger partial charge in [-0.05, 0) is 29.7 Å². The molecule has 12 heteroatoms. The molecular weight excluding hydrogens is 508 g/mol. The Kier molecular flexibility index (Phi) is 7.55. The van der Waals surface area contributed by atoms with Crippen LogP contribution in [0.4, 0.5) is 17.3 Å². The van der Waals surface area contributed by atoms with E-state index in [4.69, 9.17) is 26.7 Å². The molecule has 2 atom stereocenters. The van der Waals surface area contributed by atoms with Gasteiger partial charge >= 0.3 is 0 Å². The number of halogens is 1. The molecule has 3 heterocycles. The number of pyridine rings is 1. The van der Waals surface area contributed by atoms with E-state index in [2.05, 4.69) is 26.3 Å². The topological polar surface area (TPSA) is 160 Å². The number of aliphatic imine (C=N–C) groups is 1. The molecule has 3 N–H and O–H groups in total. The number of nitrogens with zero attached hydrogens (tertiary/aromatic N) is 5. The van der Waals surface area contributed by atoms with Gasteiger partial charge in [0.05, 0.1) is 42.6 Å². The maximum absolute atomic E-state index is 13.6. The van der Waals surface area contributed by atoms with Gasteiger partial charge in [-0.25, -0.2) is 9.98 Å². The van der Waals surface area contributed by atoms with Crippen molar-refractivity contribution in [2.45, 2.75) is 19.9 Å².